The van der Waals surface area contributed by atoms with E-state index in [4.69, 9.17) is 12.2 Å². The lowest BCUT2D eigenvalue weighted by molar-refractivity contribution is -0.135. The molecule has 3 aromatic heterocycles. The first kappa shape index (κ1) is 18.7. The van der Waals surface area contributed by atoms with E-state index in [9.17, 15) is 4.79 Å². The third-order valence-electron chi connectivity index (χ3n) is 5.83. The molecule has 0 radical (unpaired) electrons. The maximum Gasteiger partial charge on any atom is 0.245 e. The number of H-pyrrole nitrogens is 1. The zero-order chi connectivity index (χ0) is 20.0. The van der Waals surface area contributed by atoms with Crippen LogP contribution in [0.15, 0.2) is 23.8 Å². The highest BCUT2D eigenvalue weighted by molar-refractivity contribution is 7.71. The molecular weight excluding hydrogens is 406 g/mol. The molecule has 2 fully saturated rings. The van der Waals surface area contributed by atoms with Crippen LogP contribution in [0.5, 0.6) is 0 Å². The minimum atomic E-state index is -0.418. The van der Waals surface area contributed by atoms with Crippen molar-refractivity contribution < 1.29 is 4.79 Å². The highest BCUT2D eigenvalue weighted by Crippen LogP contribution is 2.38. The van der Waals surface area contributed by atoms with Crippen molar-refractivity contribution in [1.29, 1.82) is 0 Å². The molecule has 0 aromatic carbocycles. The van der Waals surface area contributed by atoms with Crippen LogP contribution in [0.1, 0.15) is 56.4 Å². The van der Waals surface area contributed by atoms with E-state index >= 15 is 0 Å². The fraction of sp³-hybridized carbons (Fsp3) is 0.526. The Labute approximate surface area is 177 Å². The second kappa shape index (κ2) is 7.49. The van der Waals surface area contributed by atoms with Crippen molar-refractivity contribution >= 4 is 29.5 Å². The number of hydrogen-bond acceptors (Lipinski definition) is 6. The number of carbonyl (C=O) groups excluding carboxylic acids is 1. The summed E-state index contributed by atoms with van der Waals surface area (Å²) in [5.41, 5.74) is 0. The molecular formula is C19H23N7OS2. The fourth-order valence-corrected chi connectivity index (χ4v) is 5.18. The lowest BCUT2D eigenvalue weighted by Gasteiger charge is -2.34. The molecule has 1 aliphatic carbocycles. The SMILES string of the molecule is CC(C(=O)N1CCCC(c2nncn2C2CC2)C1)n1c(-c2cccs2)n[nH]c1=S. The Hall–Kier alpha value is -2.33. The van der Waals surface area contributed by atoms with Crippen LogP contribution in [0.2, 0.25) is 0 Å². The Morgan fingerprint density at radius 2 is 2.24 bits per heavy atom. The van der Waals surface area contributed by atoms with E-state index in [0.29, 0.717) is 23.2 Å². The van der Waals surface area contributed by atoms with Crippen LogP contribution in [0, 0.1) is 4.77 Å². The molecule has 1 N–H and O–H groups in total. The van der Waals surface area contributed by atoms with Crippen LogP contribution in [-0.4, -0.2) is 53.4 Å². The topological polar surface area (TPSA) is 84.6 Å². The lowest BCUT2D eigenvalue weighted by atomic mass is 9.96. The predicted molar refractivity (Wildman–Crippen MR) is 112 cm³/mol. The van der Waals surface area contributed by atoms with Gasteiger partial charge in [0.25, 0.3) is 0 Å². The predicted octanol–water partition coefficient (Wildman–Crippen LogP) is 3.56. The molecule has 1 amide bonds. The highest BCUT2D eigenvalue weighted by atomic mass is 32.1. The van der Waals surface area contributed by atoms with Crippen molar-refractivity contribution in [2.45, 2.75) is 50.6 Å². The monoisotopic (exact) mass is 429 g/mol. The van der Waals surface area contributed by atoms with E-state index in [1.165, 1.54) is 12.8 Å². The minimum Gasteiger partial charge on any atom is -0.340 e. The number of nitrogens with one attached hydrogen (secondary N) is 1. The van der Waals surface area contributed by atoms with Gasteiger partial charge in [-0.1, -0.05) is 6.07 Å². The van der Waals surface area contributed by atoms with Crippen LogP contribution in [-0.2, 0) is 4.79 Å². The maximum absolute atomic E-state index is 13.4. The molecule has 1 saturated carbocycles. The van der Waals surface area contributed by atoms with Crippen molar-refractivity contribution in [2.24, 2.45) is 0 Å². The number of amides is 1. The standard InChI is InChI=1S/C19H23N7OS2/c1-12(26-17(22-23-19(26)28)15-5-3-9-29-15)18(27)24-8-2-4-13(10-24)16-21-20-11-25(16)14-6-7-14/h3,5,9,11-14H,2,4,6-8,10H2,1H3,(H,23,28). The van der Waals surface area contributed by atoms with Crippen LogP contribution >= 0.6 is 23.6 Å². The van der Waals surface area contributed by atoms with Gasteiger partial charge in [0.15, 0.2) is 10.6 Å². The van der Waals surface area contributed by atoms with Gasteiger partial charge >= 0.3 is 0 Å². The van der Waals surface area contributed by atoms with Gasteiger partial charge in [-0.05, 0) is 56.3 Å². The third-order valence-corrected chi connectivity index (χ3v) is 6.98. The van der Waals surface area contributed by atoms with E-state index < -0.39 is 6.04 Å². The van der Waals surface area contributed by atoms with Crippen molar-refractivity contribution in [3.05, 3.63) is 34.4 Å². The van der Waals surface area contributed by atoms with Crippen LogP contribution in [0.25, 0.3) is 10.7 Å². The van der Waals surface area contributed by atoms with E-state index in [0.717, 1.165) is 30.1 Å². The molecule has 152 valence electrons. The molecule has 0 bridgehead atoms. The minimum absolute atomic E-state index is 0.0718. The molecule has 10 heteroatoms. The highest BCUT2D eigenvalue weighted by Gasteiger charge is 2.34. The van der Waals surface area contributed by atoms with E-state index in [1.54, 1.807) is 11.3 Å². The Morgan fingerprint density at radius 3 is 3.00 bits per heavy atom. The van der Waals surface area contributed by atoms with Gasteiger partial charge in [0, 0.05) is 25.0 Å². The molecule has 2 aliphatic rings. The first-order chi connectivity index (χ1) is 14.1. The zero-order valence-electron chi connectivity index (χ0n) is 16.2. The first-order valence-corrected chi connectivity index (χ1v) is 11.3. The Bertz CT molecular complexity index is 1060. The van der Waals surface area contributed by atoms with E-state index in [1.807, 2.05) is 40.2 Å². The van der Waals surface area contributed by atoms with E-state index in [-0.39, 0.29) is 11.8 Å². The van der Waals surface area contributed by atoms with Gasteiger partial charge in [-0.25, -0.2) is 0 Å². The Kier molecular flexibility index (Phi) is 4.83. The second-order valence-corrected chi connectivity index (χ2v) is 9.16. The molecule has 0 spiro atoms. The Balaban J connectivity index is 1.37. The van der Waals surface area contributed by atoms with Gasteiger partial charge in [0.1, 0.15) is 18.2 Å². The van der Waals surface area contributed by atoms with Crippen LogP contribution in [0.4, 0.5) is 0 Å². The number of nitrogens with zero attached hydrogens (tertiary/aromatic N) is 6. The molecule has 4 heterocycles. The summed E-state index contributed by atoms with van der Waals surface area (Å²) in [6.45, 7) is 3.34. The molecule has 2 unspecified atom stereocenters. The summed E-state index contributed by atoms with van der Waals surface area (Å²) >= 11 is 7.03. The zero-order valence-corrected chi connectivity index (χ0v) is 17.8. The summed E-state index contributed by atoms with van der Waals surface area (Å²) in [5, 5.41) is 17.7. The molecule has 2 atom stereocenters. The summed E-state index contributed by atoms with van der Waals surface area (Å²) in [6, 6.07) is 4.09. The number of likely N-dealkylation sites (tertiary alicyclic amines) is 1. The summed E-state index contributed by atoms with van der Waals surface area (Å²) < 4.78 is 4.51. The van der Waals surface area contributed by atoms with Crippen molar-refractivity contribution in [3.63, 3.8) is 0 Å². The second-order valence-electron chi connectivity index (χ2n) is 7.83. The largest absolute Gasteiger partial charge is 0.340 e. The van der Waals surface area contributed by atoms with Gasteiger partial charge in [0.2, 0.25) is 5.91 Å². The number of aromatic amines is 1. The van der Waals surface area contributed by atoms with Gasteiger partial charge in [0.05, 0.1) is 4.88 Å². The molecule has 8 nitrogen and oxygen atoms in total. The average molecular weight is 430 g/mol. The van der Waals surface area contributed by atoms with Gasteiger partial charge in [-0.2, -0.15) is 5.10 Å². The molecule has 5 rings (SSSR count). The molecule has 1 aliphatic heterocycles. The number of hydrogen-bond donors (Lipinski definition) is 1. The van der Waals surface area contributed by atoms with Crippen LogP contribution < -0.4 is 0 Å². The number of rotatable bonds is 5. The van der Waals surface area contributed by atoms with Crippen molar-refractivity contribution in [2.75, 3.05) is 13.1 Å². The summed E-state index contributed by atoms with van der Waals surface area (Å²) in [5.74, 6) is 2.05. The van der Waals surface area contributed by atoms with Gasteiger partial charge in [-0.15, -0.1) is 21.5 Å². The summed E-state index contributed by atoms with van der Waals surface area (Å²) in [6.07, 6.45) is 6.24. The molecule has 29 heavy (non-hydrogen) atoms. The number of piperidine rings is 1. The lowest BCUT2D eigenvalue weighted by Crippen LogP contribution is -2.43. The van der Waals surface area contributed by atoms with Gasteiger partial charge in [-0.3, -0.25) is 14.5 Å². The maximum atomic E-state index is 13.4. The number of thiophene rings is 1. The first-order valence-electron chi connectivity index (χ1n) is 10.0. The van der Waals surface area contributed by atoms with Crippen LogP contribution in [0.3, 0.4) is 0 Å². The fourth-order valence-electron chi connectivity index (χ4n) is 4.18. The van der Waals surface area contributed by atoms with Gasteiger partial charge < -0.3 is 9.47 Å². The number of aromatic nitrogens is 6. The average Bonchev–Trinajstić information content (AvgIpc) is 3.14. The molecule has 1 saturated heterocycles. The van der Waals surface area contributed by atoms with E-state index in [2.05, 4.69) is 25.0 Å². The van der Waals surface area contributed by atoms with Crippen molar-refractivity contribution in [3.8, 4) is 10.7 Å². The summed E-state index contributed by atoms with van der Waals surface area (Å²) in [4.78, 5) is 16.3. The quantitative estimate of drug-likeness (QED) is 0.627. The molecule has 3 aromatic rings. The smallest absolute Gasteiger partial charge is 0.245 e. The summed E-state index contributed by atoms with van der Waals surface area (Å²) in [7, 11) is 0. The normalized spacial score (nSPS) is 20.7. The third kappa shape index (κ3) is 3.44. The Morgan fingerprint density at radius 1 is 1.38 bits per heavy atom. The number of carbonyl (C=O) groups is 1. The van der Waals surface area contributed by atoms with Crippen molar-refractivity contribution in [1.82, 2.24) is 34.4 Å².